The van der Waals surface area contributed by atoms with Gasteiger partial charge in [0.25, 0.3) is 0 Å². The molecule has 0 aliphatic rings. The van der Waals surface area contributed by atoms with Gasteiger partial charge >= 0.3 is 0 Å². The number of hydrogen-bond donors (Lipinski definition) is 1. The van der Waals surface area contributed by atoms with Crippen molar-refractivity contribution >= 4 is 17.3 Å². The minimum absolute atomic E-state index is 0.152. The molecule has 0 fully saturated rings. The first-order chi connectivity index (χ1) is 10.6. The monoisotopic (exact) mass is 300 g/mol. The van der Waals surface area contributed by atoms with Gasteiger partial charge in [0.1, 0.15) is 5.82 Å². The average Bonchev–Trinajstić information content (AvgIpc) is 2.50. The lowest BCUT2D eigenvalue weighted by molar-refractivity contribution is -0.115. The van der Waals surface area contributed by atoms with Gasteiger partial charge in [-0.1, -0.05) is 12.1 Å². The van der Waals surface area contributed by atoms with Gasteiger partial charge in [-0.15, -0.1) is 0 Å². The van der Waals surface area contributed by atoms with E-state index >= 15 is 0 Å². The van der Waals surface area contributed by atoms with Crippen LogP contribution in [-0.4, -0.2) is 19.0 Å². The van der Waals surface area contributed by atoms with Gasteiger partial charge in [-0.3, -0.25) is 4.79 Å². The fourth-order valence-corrected chi connectivity index (χ4v) is 2.38. The van der Waals surface area contributed by atoms with Crippen molar-refractivity contribution in [1.29, 1.82) is 0 Å². The third-order valence-electron chi connectivity index (χ3n) is 3.53. The van der Waals surface area contributed by atoms with Crippen molar-refractivity contribution < 1.29 is 9.18 Å². The third kappa shape index (κ3) is 4.32. The van der Waals surface area contributed by atoms with Crippen LogP contribution in [0.3, 0.4) is 0 Å². The van der Waals surface area contributed by atoms with Crippen molar-refractivity contribution in [3.8, 4) is 0 Å². The average molecular weight is 300 g/mol. The Kier molecular flexibility index (Phi) is 5.53. The standard InChI is InChI=1S/C18H21FN2O/c1-3-21(4-2)17-10-8-16(9-11-17)20-18(22)13-14-6-5-7-15(19)12-14/h5-12H,3-4,13H2,1-2H3,(H,20,22). The summed E-state index contributed by atoms with van der Waals surface area (Å²) in [6.07, 6.45) is 0.162. The van der Waals surface area contributed by atoms with Gasteiger partial charge in [0.15, 0.2) is 0 Å². The second-order valence-corrected chi connectivity index (χ2v) is 5.07. The summed E-state index contributed by atoms with van der Waals surface area (Å²) in [6, 6.07) is 13.9. The molecule has 22 heavy (non-hydrogen) atoms. The molecule has 0 spiro atoms. The van der Waals surface area contributed by atoms with E-state index in [1.807, 2.05) is 24.3 Å². The zero-order valence-corrected chi connectivity index (χ0v) is 13.0. The highest BCUT2D eigenvalue weighted by atomic mass is 19.1. The molecule has 0 aliphatic carbocycles. The Balaban J connectivity index is 1.97. The highest BCUT2D eigenvalue weighted by molar-refractivity contribution is 5.92. The second-order valence-electron chi connectivity index (χ2n) is 5.07. The molecular weight excluding hydrogens is 279 g/mol. The van der Waals surface area contributed by atoms with Crippen LogP contribution in [0, 0.1) is 5.82 Å². The number of nitrogens with zero attached hydrogens (tertiary/aromatic N) is 1. The Morgan fingerprint density at radius 1 is 1.09 bits per heavy atom. The van der Waals surface area contributed by atoms with Crippen LogP contribution >= 0.6 is 0 Å². The molecule has 0 aromatic heterocycles. The number of anilines is 2. The van der Waals surface area contributed by atoms with Gasteiger partial charge in [-0.2, -0.15) is 0 Å². The fraction of sp³-hybridized carbons (Fsp3) is 0.278. The zero-order chi connectivity index (χ0) is 15.9. The normalized spacial score (nSPS) is 10.3. The van der Waals surface area contributed by atoms with Crippen LogP contribution in [-0.2, 0) is 11.2 Å². The number of halogens is 1. The lowest BCUT2D eigenvalue weighted by Gasteiger charge is -2.21. The lowest BCUT2D eigenvalue weighted by Crippen LogP contribution is -2.21. The highest BCUT2D eigenvalue weighted by Crippen LogP contribution is 2.18. The van der Waals surface area contributed by atoms with Gasteiger partial charge in [0.05, 0.1) is 6.42 Å². The van der Waals surface area contributed by atoms with E-state index in [9.17, 15) is 9.18 Å². The Morgan fingerprint density at radius 3 is 2.36 bits per heavy atom. The molecule has 0 bridgehead atoms. The predicted molar refractivity (Wildman–Crippen MR) is 88.7 cm³/mol. The van der Waals surface area contributed by atoms with E-state index in [1.54, 1.807) is 12.1 Å². The minimum atomic E-state index is -0.325. The largest absolute Gasteiger partial charge is 0.372 e. The fourth-order valence-electron chi connectivity index (χ4n) is 2.38. The number of benzene rings is 2. The molecule has 0 aliphatic heterocycles. The van der Waals surface area contributed by atoms with Crippen LogP contribution in [0.5, 0.6) is 0 Å². The molecule has 0 radical (unpaired) electrons. The maximum Gasteiger partial charge on any atom is 0.228 e. The van der Waals surface area contributed by atoms with Crippen LogP contribution in [0.25, 0.3) is 0 Å². The van der Waals surface area contributed by atoms with Crippen LogP contribution < -0.4 is 10.2 Å². The SMILES string of the molecule is CCN(CC)c1ccc(NC(=O)Cc2cccc(F)c2)cc1. The Labute approximate surface area is 130 Å². The number of nitrogens with one attached hydrogen (secondary N) is 1. The molecule has 3 nitrogen and oxygen atoms in total. The Hall–Kier alpha value is -2.36. The molecular formula is C18H21FN2O. The maximum atomic E-state index is 13.1. The summed E-state index contributed by atoms with van der Waals surface area (Å²) in [6.45, 7) is 6.11. The quantitative estimate of drug-likeness (QED) is 0.878. The summed E-state index contributed by atoms with van der Waals surface area (Å²) in [5.41, 5.74) is 2.54. The van der Waals surface area contributed by atoms with Crippen molar-refractivity contribution in [2.75, 3.05) is 23.3 Å². The lowest BCUT2D eigenvalue weighted by atomic mass is 10.1. The van der Waals surface area contributed by atoms with Crippen LogP contribution in [0.1, 0.15) is 19.4 Å². The van der Waals surface area contributed by atoms with E-state index in [-0.39, 0.29) is 18.1 Å². The van der Waals surface area contributed by atoms with Crippen LogP contribution in [0.4, 0.5) is 15.8 Å². The Bertz CT molecular complexity index is 621. The van der Waals surface area contributed by atoms with Crippen molar-refractivity contribution in [2.24, 2.45) is 0 Å². The van der Waals surface area contributed by atoms with Crippen molar-refractivity contribution in [3.05, 3.63) is 59.9 Å². The molecule has 0 unspecified atom stereocenters. The molecule has 0 atom stereocenters. The molecule has 4 heteroatoms. The Morgan fingerprint density at radius 2 is 1.77 bits per heavy atom. The number of carbonyl (C=O) groups excluding carboxylic acids is 1. The summed E-state index contributed by atoms with van der Waals surface area (Å²) < 4.78 is 13.1. The van der Waals surface area contributed by atoms with E-state index in [0.29, 0.717) is 5.56 Å². The van der Waals surface area contributed by atoms with E-state index in [4.69, 9.17) is 0 Å². The molecule has 1 amide bonds. The molecule has 0 saturated carbocycles. The number of amides is 1. The van der Waals surface area contributed by atoms with E-state index in [0.717, 1.165) is 24.5 Å². The van der Waals surface area contributed by atoms with E-state index < -0.39 is 0 Å². The van der Waals surface area contributed by atoms with Gasteiger partial charge in [-0.05, 0) is 55.8 Å². The zero-order valence-electron chi connectivity index (χ0n) is 13.0. The van der Waals surface area contributed by atoms with Crippen molar-refractivity contribution in [3.63, 3.8) is 0 Å². The summed E-state index contributed by atoms with van der Waals surface area (Å²) in [4.78, 5) is 14.2. The molecule has 0 saturated heterocycles. The molecule has 2 rings (SSSR count). The first-order valence-electron chi connectivity index (χ1n) is 7.51. The molecule has 2 aromatic rings. The topological polar surface area (TPSA) is 32.3 Å². The van der Waals surface area contributed by atoms with E-state index in [2.05, 4.69) is 24.1 Å². The smallest absolute Gasteiger partial charge is 0.228 e. The molecule has 0 heterocycles. The first-order valence-corrected chi connectivity index (χ1v) is 7.51. The minimum Gasteiger partial charge on any atom is -0.372 e. The van der Waals surface area contributed by atoms with Gasteiger partial charge in [-0.25, -0.2) is 4.39 Å². The third-order valence-corrected chi connectivity index (χ3v) is 3.53. The first kappa shape index (κ1) is 16.0. The van der Waals surface area contributed by atoms with Crippen molar-refractivity contribution in [2.45, 2.75) is 20.3 Å². The molecule has 2 aromatic carbocycles. The molecule has 1 N–H and O–H groups in total. The summed E-state index contributed by atoms with van der Waals surface area (Å²) in [7, 11) is 0. The van der Waals surface area contributed by atoms with Crippen molar-refractivity contribution in [1.82, 2.24) is 0 Å². The summed E-state index contributed by atoms with van der Waals surface area (Å²) in [5.74, 6) is -0.477. The number of hydrogen-bond acceptors (Lipinski definition) is 2. The predicted octanol–water partition coefficient (Wildman–Crippen LogP) is 3.85. The van der Waals surface area contributed by atoms with Gasteiger partial charge in [0.2, 0.25) is 5.91 Å². The van der Waals surface area contributed by atoms with Crippen LogP contribution in [0.2, 0.25) is 0 Å². The highest BCUT2D eigenvalue weighted by Gasteiger charge is 2.06. The van der Waals surface area contributed by atoms with Crippen LogP contribution in [0.15, 0.2) is 48.5 Å². The van der Waals surface area contributed by atoms with Gasteiger partial charge in [0, 0.05) is 24.5 Å². The number of rotatable bonds is 6. The van der Waals surface area contributed by atoms with Gasteiger partial charge < -0.3 is 10.2 Å². The summed E-state index contributed by atoms with van der Waals surface area (Å²) in [5, 5.41) is 2.83. The van der Waals surface area contributed by atoms with E-state index in [1.165, 1.54) is 12.1 Å². The molecule has 116 valence electrons. The second kappa shape index (κ2) is 7.59. The summed E-state index contributed by atoms with van der Waals surface area (Å²) >= 11 is 0. The maximum absolute atomic E-state index is 13.1. The number of carbonyl (C=O) groups is 1.